The van der Waals surface area contributed by atoms with Gasteiger partial charge >= 0.3 is 0 Å². The van der Waals surface area contributed by atoms with Crippen molar-refractivity contribution in [2.24, 2.45) is 17.1 Å². The highest BCUT2D eigenvalue weighted by Gasteiger charge is 2.38. The molecule has 0 aromatic carbocycles. The maximum absolute atomic E-state index is 12.5. The molecule has 2 N–H and O–H groups in total. The molecule has 0 bridgehead atoms. The summed E-state index contributed by atoms with van der Waals surface area (Å²) in [6.45, 7) is 12.7. The van der Waals surface area contributed by atoms with E-state index < -0.39 is 0 Å². The third kappa shape index (κ3) is 3.23. The van der Waals surface area contributed by atoms with Gasteiger partial charge in [0.15, 0.2) is 0 Å². The van der Waals surface area contributed by atoms with E-state index in [9.17, 15) is 4.79 Å². The second kappa shape index (κ2) is 5.57. The minimum absolute atomic E-state index is 0.00697. The number of morpholine rings is 1. The van der Waals surface area contributed by atoms with E-state index in [0.717, 1.165) is 6.42 Å². The molecule has 2 atom stereocenters. The molecule has 1 aliphatic rings. The second-order valence-corrected chi connectivity index (χ2v) is 6.44. The molecule has 0 aromatic heterocycles. The number of ether oxygens (including phenoxy) is 1. The Morgan fingerprint density at radius 1 is 1.50 bits per heavy atom. The Morgan fingerprint density at radius 3 is 2.56 bits per heavy atom. The monoisotopic (exact) mass is 256 g/mol. The molecule has 4 heteroatoms. The van der Waals surface area contributed by atoms with Crippen molar-refractivity contribution in [3.05, 3.63) is 0 Å². The number of carbonyl (C=O) groups is 1. The normalized spacial score (nSPS) is 27.1. The van der Waals surface area contributed by atoms with Crippen LogP contribution >= 0.6 is 0 Å². The van der Waals surface area contributed by atoms with Crippen molar-refractivity contribution in [2.75, 3.05) is 26.2 Å². The molecule has 0 spiro atoms. The van der Waals surface area contributed by atoms with Gasteiger partial charge in [-0.3, -0.25) is 4.79 Å². The van der Waals surface area contributed by atoms with E-state index in [0.29, 0.717) is 26.2 Å². The van der Waals surface area contributed by atoms with Gasteiger partial charge < -0.3 is 15.4 Å². The molecule has 1 amide bonds. The molecular formula is C14H28N2O2. The van der Waals surface area contributed by atoms with Crippen LogP contribution < -0.4 is 5.73 Å². The molecule has 1 aliphatic heterocycles. The van der Waals surface area contributed by atoms with Crippen molar-refractivity contribution in [3.63, 3.8) is 0 Å². The first kappa shape index (κ1) is 15.4. The fraction of sp³-hybridized carbons (Fsp3) is 0.929. The number of rotatable bonds is 3. The van der Waals surface area contributed by atoms with Gasteiger partial charge in [0.25, 0.3) is 0 Å². The van der Waals surface area contributed by atoms with Gasteiger partial charge in [0.05, 0.1) is 18.8 Å². The first-order valence-corrected chi connectivity index (χ1v) is 6.88. The van der Waals surface area contributed by atoms with Gasteiger partial charge in [0, 0.05) is 19.0 Å². The van der Waals surface area contributed by atoms with Gasteiger partial charge in [0.2, 0.25) is 5.91 Å². The average molecular weight is 256 g/mol. The minimum atomic E-state index is -0.342. The van der Waals surface area contributed by atoms with Crippen LogP contribution in [0.1, 0.15) is 41.0 Å². The van der Waals surface area contributed by atoms with Crippen LogP contribution in [0.2, 0.25) is 0 Å². The molecule has 1 saturated heterocycles. The Bertz CT molecular complexity index is 293. The summed E-state index contributed by atoms with van der Waals surface area (Å²) in [5, 5.41) is 0. The lowest BCUT2D eigenvalue weighted by atomic mass is 9.81. The topological polar surface area (TPSA) is 55.6 Å². The fourth-order valence-corrected chi connectivity index (χ4v) is 2.16. The zero-order valence-corrected chi connectivity index (χ0v) is 12.5. The molecule has 0 radical (unpaired) electrons. The molecule has 1 fully saturated rings. The summed E-state index contributed by atoms with van der Waals surface area (Å²) in [6.07, 6.45) is 0.844. The van der Waals surface area contributed by atoms with Crippen LogP contribution in [-0.2, 0) is 9.53 Å². The van der Waals surface area contributed by atoms with Crippen LogP contribution in [0.3, 0.4) is 0 Å². The van der Waals surface area contributed by atoms with E-state index in [-0.39, 0.29) is 22.8 Å². The van der Waals surface area contributed by atoms with Crippen molar-refractivity contribution in [1.82, 2.24) is 4.90 Å². The molecule has 1 rings (SSSR count). The summed E-state index contributed by atoms with van der Waals surface area (Å²) in [5.41, 5.74) is 5.46. The zero-order chi connectivity index (χ0) is 14.0. The standard InChI is InChI=1S/C14H28N2O2/c1-6-14(9-15)10-16(7-8-18-14)12(17)11(2)13(3,4)5/h11H,6-10,15H2,1-5H3. The number of amides is 1. The highest BCUT2D eigenvalue weighted by molar-refractivity contribution is 5.79. The first-order chi connectivity index (χ1) is 8.25. The van der Waals surface area contributed by atoms with E-state index in [1.165, 1.54) is 0 Å². The van der Waals surface area contributed by atoms with Gasteiger partial charge in [-0.2, -0.15) is 0 Å². The number of hydrogen-bond donors (Lipinski definition) is 1. The maximum Gasteiger partial charge on any atom is 0.226 e. The number of hydrogen-bond acceptors (Lipinski definition) is 3. The van der Waals surface area contributed by atoms with Gasteiger partial charge in [-0.1, -0.05) is 34.6 Å². The van der Waals surface area contributed by atoms with E-state index in [4.69, 9.17) is 10.5 Å². The van der Waals surface area contributed by atoms with Crippen LogP contribution in [0, 0.1) is 11.3 Å². The van der Waals surface area contributed by atoms with Crippen LogP contribution in [-0.4, -0.2) is 42.6 Å². The zero-order valence-electron chi connectivity index (χ0n) is 12.5. The Hall–Kier alpha value is -0.610. The van der Waals surface area contributed by atoms with Crippen LogP contribution in [0.25, 0.3) is 0 Å². The van der Waals surface area contributed by atoms with Crippen LogP contribution in [0.5, 0.6) is 0 Å². The highest BCUT2D eigenvalue weighted by Crippen LogP contribution is 2.29. The Labute approximate surface area is 111 Å². The average Bonchev–Trinajstić information content (AvgIpc) is 2.35. The molecule has 0 saturated carbocycles. The summed E-state index contributed by atoms with van der Waals surface area (Å²) in [7, 11) is 0. The SMILES string of the molecule is CCC1(CN)CN(C(=O)C(C)C(C)(C)C)CCO1. The summed E-state index contributed by atoms with van der Waals surface area (Å²) >= 11 is 0. The van der Waals surface area contributed by atoms with Gasteiger partial charge in [-0.15, -0.1) is 0 Å². The third-order valence-corrected chi connectivity index (χ3v) is 4.25. The van der Waals surface area contributed by atoms with Gasteiger partial charge in [-0.05, 0) is 11.8 Å². The van der Waals surface area contributed by atoms with E-state index in [2.05, 4.69) is 27.7 Å². The summed E-state index contributed by atoms with van der Waals surface area (Å²) < 4.78 is 5.79. The number of nitrogens with two attached hydrogens (primary N) is 1. The van der Waals surface area contributed by atoms with Crippen LogP contribution in [0.15, 0.2) is 0 Å². The molecule has 4 nitrogen and oxygen atoms in total. The predicted molar refractivity (Wildman–Crippen MR) is 73.2 cm³/mol. The van der Waals surface area contributed by atoms with Crippen molar-refractivity contribution in [1.29, 1.82) is 0 Å². The number of nitrogens with zero attached hydrogens (tertiary/aromatic N) is 1. The Balaban J connectivity index is 2.75. The van der Waals surface area contributed by atoms with E-state index in [1.807, 2.05) is 11.8 Å². The van der Waals surface area contributed by atoms with Crippen molar-refractivity contribution in [3.8, 4) is 0 Å². The van der Waals surface area contributed by atoms with Crippen molar-refractivity contribution >= 4 is 5.91 Å². The molecule has 1 heterocycles. The van der Waals surface area contributed by atoms with Crippen LogP contribution in [0.4, 0.5) is 0 Å². The maximum atomic E-state index is 12.5. The largest absolute Gasteiger partial charge is 0.370 e. The Kier molecular flexibility index (Phi) is 4.78. The smallest absolute Gasteiger partial charge is 0.226 e. The number of carbonyl (C=O) groups excluding carboxylic acids is 1. The lowest BCUT2D eigenvalue weighted by Gasteiger charge is -2.43. The van der Waals surface area contributed by atoms with Crippen molar-refractivity contribution in [2.45, 2.75) is 46.6 Å². The summed E-state index contributed by atoms with van der Waals surface area (Å²) in [5.74, 6) is 0.236. The molecular weight excluding hydrogens is 228 g/mol. The summed E-state index contributed by atoms with van der Waals surface area (Å²) in [4.78, 5) is 14.4. The molecule has 106 valence electrons. The van der Waals surface area contributed by atoms with Gasteiger partial charge in [0.1, 0.15) is 0 Å². The Morgan fingerprint density at radius 2 is 2.11 bits per heavy atom. The first-order valence-electron chi connectivity index (χ1n) is 6.88. The fourth-order valence-electron chi connectivity index (χ4n) is 2.16. The van der Waals surface area contributed by atoms with E-state index in [1.54, 1.807) is 0 Å². The minimum Gasteiger partial charge on any atom is -0.370 e. The third-order valence-electron chi connectivity index (χ3n) is 4.25. The predicted octanol–water partition coefficient (Wildman–Crippen LogP) is 1.63. The van der Waals surface area contributed by atoms with Crippen molar-refractivity contribution < 1.29 is 9.53 Å². The quantitative estimate of drug-likeness (QED) is 0.835. The highest BCUT2D eigenvalue weighted by atomic mass is 16.5. The lowest BCUT2D eigenvalue weighted by Crippen LogP contribution is -2.58. The second-order valence-electron chi connectivity index (χ2n) is 6.44. The molecule has 18 heavy (non-hydrogen) atoms. The lowest BCUT2D eigenvalue weighted by molar-refractivity contribution is -0.156. The summed E-state index contributed by atoms with van der Waals surface area (Å²) in [6, 6.07) is 0. The van der Waals surface area contributed by atoms with Gasteiger partial charge in [-0.25, -0.2) is 0 Å². The molecule has 2 unspecified atom stereocenters. The molecule has 0 aromatic rings. The van der Waals surface area contributed by atoms with E-state index >= 15 is 0 Å². The molecule has 0 aliphatic carbocycles.